The van der Waals surface area contributed by atoms with Gasteiger partial charge in [-0.1, -0.05) is 67.2 Å². The molecule has 0 spiro atoms. The number of thioether (sulfide) groups is 1. The van der Waals surface area contributed by atoms with E-state index in [9.17, 15) is 4.79 Å². The third-order valence-electron chi connectivity index (χ3n) is 3.88. The van der Waals surface area contributed by atoms with Crippen molar-refractivity contribution in [2.75, 3.05) is 6.54 Å². The quantitative estimate of drug-likeness (QED) is 0.644. The van der Waals surface area contributed by atoms with Gasteiger partial charge in [0.05, 0.1) is 5.25 Å². The molecule has 1 amide bonds. The summed E-state index contributed by atoms with van der Waals surface area (Å²) in [6.07, 6.45) is 0.918. The lowest BCUT2D eigenvalue weighted by atomic mass is 10.2. The summed E-state index contributed by atoms with van der Waals surface area (Å²) in [5, 5.41) is 12.1. The third kappa shape index (κ3) is 4.14. The number of carbonyl (C=O) groups excluding carboxylic acids is 1. The van der Waals surface area contributed by atoms with Crippen molar-refractivity contribution in [2.45, 2.75) is 30.7 Å². The lowest BCUT2D eigenvalue weighted by Crippen LogP contribution is -2.31. The van der Waals surface area contributed by atoms with Crippen LogP contribution in [0.3, 0.4) is 0 Å². The van der Waals surface area contributed by atoms with Gasteiger partial charge in [-0.25, -0.2) is 0 Å². The largest absolute Gasteiger partial charge is 0.355 e. The highest BCUT2D eigenvalue weighted by Crippen LogP contribution is 2.30. The molecule has 134 valence electrons. The summed E-state index contributed by atoms with van der Waals surface area (Å²) in [7, 11) is 0. The average Bonchev–Trinajstić information content (AvgIpc) is 3.10. The minimum absolute atomic E-state index is 0.0146. The van der Waals surface area contributed by atoms with Crippen molar-refractivity contribution in [3.8, 4) is 17.1 Å². The number of nitrogens with one attached hydrogen (secondary N) is 1. The number of nitrogens with zero attached hydrogens (tertiary/aromatic N) is 3. The van der Waals surface area contributed by atoms with Crippen molar-refractivity contribution in [3.63, 3.8) is 0 Å². The molecule has 26 heavy (non-hydrogen) atoms. The zero-order valence-electron chi connectivity index (χ0n) is 14.9. The molecule has 0 bridgehead atoms. The van der Waals surface area contributed by atoms with Gasteiger partial charge >= 0.3 is 0 Å². The van der Waals surface area contributed by atoms with Crippen LogP contribution in [-0.2, 0) is 4.79 Å². The molecular weight excluding hydrogens is 344 g/mol. The number of para-hydroxylation sites is 1. The molecule has 1 unspecified atom stereocenters. The third-order valence-corrected chi connectivity index (χ3v) is 4.92. The molecule has 2 aromatic carbocycles. The van der Waals surface area contributed by atoms with Crippen molar-refractivity contribution >= 4 is 17.7 Å². The summed E-state index contributed by atoms with van der Waals surface area (Å²) >= 11 is 1.42. The Hall–Kier alpha value is -2.60. The second kappa shape index (κ2) is 8.67. The first-order valence-corrected chi connectivity index (χ1v) is 9.59. The molecule has 1 atom stereocenters. The summed E-state index contributed by atoms with van der Waals surface area (Å²) in [4.78, 5) is 12.2. The van der Waals surface area contributed by atoms with Crippen molar-refractivity contribution in [3.05, 3.63) is 60.7 Å². The van der Waals surface area contributed by atoms with E-state index in [1.807, 2.05) is 79.1 Å². The van der Waals surface area contributed by atoms with Crippen LogP contribution < -0.4 is 5.32 Å². The van der Waals surface area contributed by atoms with Crippen molar-refractivity contribution in [1.82, 2.24) is 20.1 Å². The van der Waals surface area contributed by atoms with E-state index in [0.717, 1.165) is 23.5 Å². The van der Waals surface area contributed by atoms with Gasteiger partial charge in [-0.15, -0.1) is 10.2 Å². The van der Waals surface area contributed by atoms with Crippen LogP contribution in [0.5, 0.6) is 0 Å². The van der Waals surface area contributed by atoms with Crippen LogP contribution in [0.4, 0.5) is 0 Å². The van der Waals surface area contributed by atoms with E-state index in [1.165, 1.54) is 11.8 Å². The van der Waals surface area contributed by atoms with Crippen LogP contribution in [0.1, 0.15) is 20.3 Å². The van der Waals surface area contributed by atoms with E-state index >= 15 is 0 Å². The minimum Gasteiger partial charge on any atom is -0.355 e. The number of amides is 1. The van der Waals surface area contributed by atoms with Gasteiger partial charge in [-0.3, -0.25) is 9.36 Å². The first-order valence-electron chi connectivity index (χ1n) is 8.71. The Morgan fingerprint density at radius 3 is 2.38 bits per heavy atom. The topological polar surface area (TPSA) is 59.8 Å². The molecule has 1 heterocycles. The Morgan fingerprint density at radius 2 is 1.73 bits per heavy atom. The fourth-order valence-electron chi connectivity index (χ4n) is 2.53. The molecule has 1 aromatic heterocycles. The fourth-order valence-corrected chi connectivity index (χ4v) is 3.43. The van der Waals surface area contributed by atoms with E-state index < -0.39 is 0 Å². The normalized spacial score (nSPS) is 11.9. The number of benzene rings is 2. The van der Waals surface area contributed by atoms with Gasteiger partial charge in [0.25, 0.3) is 0 Å². The summed E-state index contributed by atoms with van der Waals surface area (Å²) in [5.41, 5.74) is 1.96. The number of rotatable bonds is 7. The molecule has 0 radical (unpaired) electrons. The summed E-state index contributed by atoms with van der Waals surface area (Å²) in [6, 6.07) is 19.9. The molecule has 0 saturated carbocycles. The van der Waals surface area contributed by atoms with Gasteiger partial charge in [0.15, 0.2) is 11.0 Å². The SMILES string of the molecule is CCCNC(=O)C(C)Sc1nnc(-c2ccccc2)n1-c1ccccc1. The van der Waals surface area contributed by atoms with Gasteiger partial charge in [0.2, 0.25) is 5.91 Å². The van der Waals surface area contributed by atoms with E-state index in [1.54, 1.807) is 0 Å². The maximum atomic E-state index is 12.2. The standard InChI is InChI=1S/C20H22N4OS/c1-3-14-21-19(25)15(2)26-20-23-22-18(16-10-6-4-7-11-16)24(20)17-12-8-5-9-13-17/h4-13,15H,3,14H2,1-2H3,(H,21,25). The summed E-state index contributed by atoms with van der Waals surface area (Å²) < 4.78 is 2.00. The lowest BCUT2D eigenvalue weighted by molar-refractivity contribution is -0.120. The molecule has 0 aliphatic carbocycles. The van der Waals surface area contributed by atoms with Crippen LogP contribution in [0, 0.1) is 0 Å². The Bertz CT molecular complexity index is 849. The minimum atomic E-state index is -0.253. The predicted molar refractivity (Wildman–Crippen MR) is 105 cm³/mol. The van der Waals surface area contributed by atoms with Crippen molar-refractivity contribution in [1.29, 1.82) is 0 Å². The van der Waals surface area contributed by atoms with E-state index in [2.05, 4.69) is 15.5 Å². The summed E-state index contributed by atoms with van der Waals surface area (Å²) in [5.74, 6) is 0.779. The Morgan fingerprint density at radius 1 is 1.08 bits per heavy atom. The van der Waals surface area contributed by atoms with Crippen LogP contribution in [0.15, 0.2) is 65.8 Å². The smallest absolute Gasteiger partial charge is 0.233 e. The maximum absolute atomic E-state index is 12.2. The lowest BCUT2D eigenvalue weighted by Gasteiger charge is -2.13. The van der Waals surface area contributed by atoms with Gasteiger partial charge in [0, 0.05) is 17.8 Å². The monoisotopic (exact) mass is 366 g/mol. The number of hydrogen-bond acceptors (Lipinski definition) is 4. The van der Waals surface area contributed by atoms with Crippen LogP contribution in [0.2, 0.25) is 0 Å². The van der Waals surface area contributed by atoms with Crippen LogP contribution in [0.25, 0.3) is 17.1 Å². The Kier molecular flexibility index (Phi) is 6.07. The second-order valence-corrected chi connectivity index (χ2v) is 7.20. The first-order chi connectivity index (χ1) is 12.7. The molecule has 0 aliphatic heterocycles. The van der Waals surface area contributed by atoms with Crippen molar-refractivity contribution in [2.24, 2.45) is 0 Å². The number of aromatic nitrogens is 3. The zero-order valence-corrected chi connectivity index (χ0v) is 15.7. The Balaban J connectivity index is 1.96. The van der Waals surface area contributed by atoms with Gasteiger partial charge < -0.3 is 5.32 Å². The molecule has 3 rings (SSSR count). The van der Waals surface area contributed by atoms with E-state index in [0.29, 0.717) is 11.7 Å². The molecule has 6 heteroatoms. The molecule has 0 saturated heterocycles. The van der Waals surface area contributed by atoms with Crippen LogP contribution >= 0.6 is 11.8 Å². The first kappa shape index (κ1) is 18.2. The Labute approximate surface area is 157 Å². The second-order valence-electron chi connectivity index (χ2n) is 5.89. The highest BCUT2D eigenvalue weighted by Gasteiger charge is 2.21. The highest BCUT2D eigenvalue weighted by molar-refractivity contribution is 8.00. The molecule has 0 aliphatic rings. The zero-order chi connectivity index (χ0) is 18.4. The molecule has 0 fully saturated rings. The molecule has 3 aromatic rings. The van der Waals surface area contributed by atoms with Gasteiger partial charge in [-0.2, -0.15) is 0 Å². The molecule has 5 nitrogen and oxygen atoms in total. The van der Waals surface area contributed by atoms with Gasteiger partial charge in [0.1, 0.15) is 0 Å². The molecular formula is C20H22N4OS. The highest BCUT2D eigenvalue weighted by atomic mass is 32.2. The molecule has 1 N–H and O–H groups in total. The van der Waals surface area contributed by atoms with E-state index in [4.69, 9.17) is 0 Å². The number of carbonyl (C=O) groups is 1. The van der Waals surface area contributed by atoms with Crippen LogP contribution in [-0.4, -0.2) is 32.5 Å². The van der Waals surface area contributed by atoms with Crippen molar-refractivity contribution < 1.29 is 4.79 Å². The summed E-state index contributed by atoms with van der Waals surface area (Å²) in [6.45, 7) is 4.61. The number of hydrogen-bond donors (Lipinski definition) is 1. The van der Waals surface area contributed by atoms with Gasteiger partial charge in [-0.05, 0) is 25.5 Å². The average molecular weight is 366 g/mol. The predicted octanol–water partition coefficient (Wildman–Crippen LogP) is 3.94. The fraction of sp³-hybridized carbons (Fsp3) is 0.250. The van der Waals surface area contributed by atoms with E-state index in [-0.39, 0.29) is 11.2 Å². The maximum Gasteiger partial charge on any atom is 0.233 e.